The smallest absolute Gasteiger partial charge is 0.0499 e. The van der Waals surface area contributed by atoms with Gasteiger partial charge in [-0.3, -0.25) is 0 Å². The number of methoxy groups -OCH3 is 1. The molecule has 0 aliphatic rings. The lowest BCUT2D eigenvalue weighted by Crippen LogP contribution is -2.25. The molecule has 1 aromatic heterocycles. The second-order valence-electron chi connectivity index (χ2n) is 3.59. The van der Waals surface area contributed by atoms with E-state index in [0.717, 1.165) is 26.1 Å². The lowest BCUT2D eigenvalue weighted by Gasteiger charge is -2.10. The zero-order chi connectivity index (χ0) is 10.2. The van der Waals surface area contributed by atoms with Crippen molar-refractivity contribution >= 4 is 11.3 Å². The molecule has 2 nitrogen and oxygen atoms in total. The van der Waals surface area contributed by atoms with Gasteiger partial charge in [0.2, 0.25) is 0 Å². The van der Waals surface area contributed by atoms with Crippen molar-refractivity contribution in [3.63, 3.8) is 0 Å². The molecule has 80 valence electrons. The predicted octanol–water partition coefficient (Wildman–Crippen LogP) is 2.16. The Morgan fingerprint density at radius 2 is 2.43 bits per heavy atom. The minimum atomic E-state index is 0.600. The fourth-order valence-corrected chi connectivity index (χ4v) is 2.07. The van der Waals surface area contributed by atoms with E-state index in [2.05, 4.69) is 29.8 Å². The molecule has 0 saturated heterocycles. The zero-order valence-electron chi connectivity index (χ0n) is 8.95. The second-order valence-corrected chi connectivity index (χ2v) is 4.63. The largest absolute Gasteiger partial charge is 0.384 e. The summed E-state index contributed by atoms with van der Waals surface area (Å²) >= 11 is 1.83. The number of rotatable bonds is 7. The third kappa shape index (κ3) is 4.74. The molecule has 0 bridgehead atoms. The molecule has 3 heteroatoms. The summed E-state index contributed by atoms with van der Waals surface area (Å²) in [5.41, 5.74) is 0. The Labute approximate surface area is 90.3 Å². The van der Waals surface area contributed by atoms with Gasteiger partial charge in [-0.05, 0) is 36.9 Å². The lowest BCUT2D eigenvalue weighted by molar-refractivity contribution is 0.158. The number of hydrogen-bond donors (Lipinski definition) is 1. The molecule has 0 saturated carbocycles. The maximum Gasteiger partial charge on any atom is 0.0499 e. The van der Waals surface area contributed by atoms with Crippen LogP contribution >= 0.6 is 11.3 Å². The fraction of sp³-hybridized carbons (Fsp3) is 0.636. The minimum absolute atomic E-state index is 0.600. The molecule has 0 amide bonds. The monoisotopic (exact) mass is 213 g/mol. The molecule has 1 unspecified atom stereocenters. The topological polar surface area (TPSA) is 21.3 Å². The Bertz CT molecular complexity index is 223. The van der Waals surface area contributed by atoms with E-state index in [4.69, 9.17) is 4.74 Å². The molecule has 1 aromatic rings. The van der Waals surface area contributed by atoms with Crippen LogP contribution in [0.1, 0.15) is 11.8 Å². The van der Waals surface area contributed by atoms with E-state index < -0.39 is 0 Å². The number of nitrogens with one attached hydrogen (secondary N) is 1. The number of thiophene rings is 1. The molecule has 1 atom stereocenters. The quantitative estimate of drug-likeness (QED) is 0.701. The van der Waals surface area contributed by atoms with Crippen LogP contribution in [0, 0.1) is 5.92 Å². The van der Waals surface area contributed by atoms with Gasteiger partial charge in [0.15, 0.2) is 0 Å². The first-order valence-electron chi connectivity index (χ1n) is 5.05. The van der Waals surface area contributed by atoms with E-state index in [1.165, 1.54) is 4.88 Å². The van der Waals surface area contributed by atoms with Gasteiger partial charge in [0.05, 0.1) is 0 Å². The lowest BCUT2D eigenvalue weighted by atomic mass is 10.2. The summed E-state index contributed by atoms with van der Waals surface area (Å²) in [6, 6.07) is 4.29. The Morgan fingerprint density at radius 1 is 1.57 bits per heavy atom. The summed E-state index contributed by atoms with van der Waals surface area (Å²) in [5, 5.41) is 5.56. The van der Waals surface area contributed by atoms with Crippen molar-refractivity contribution in [1.82, 2.24) is 5.32 Å². The van der Waals surface area contributed by atoms with E-state index in [1.54, 1.807) is 7.11 Å². The molecular weight excluding hydrogens is 194 g/mol. The summed E-state index contributed by atoms with van der Waals surface area (Å²) in [6.45, 7) is 5.14. The van der Waals surface area contributed by atoms with Crippen LogP contribution in [0.2, 0.25) is 0 Å². The van der Waals surface area contributed by atoms with E-state index >= 15 is 0 Å². The zero-order valence-corrected chi connectivity index (χ0v) is 9.77. The first-order chi connectivity index (χ1) is 6.83. The van der Waals surface area contributed by atoms with Crippen LogP contribution in [0.3, 0.4) is 0 Å². The SMILES string of the molecule is COCC(C)CNCCc1cccs1. The van der Waals surface area contributed by atoms with Gasteiger partial charge in [-0.2, -0.15) is 0 Å². The maximum atomic E-state index is 5.07. The van der Waals surface area contributed by atoms with Gasteiger partial charge >= 0.3 is 0 Å². The van der Waals surface area contributed by atoms with Gasteiger partial charge in [0, 0.05) is 18.6 Å². The van der Waals surface area contributed by atoms with Crippen molar-refractivity contribution in [3.05, 3.63) is 22.4 Å². The molecule has 0 fully saturated rings. The standard InChI is InChI=1S/C11H19NOS/c1-10(9-13-2)8-12-6-5-11-4-3-7-14-11/h3-4,7,10,12H,5-6,8-9H2,1-2H3. The van der Waals surface area contributed by atoms with Gasteiger partial charge in [-0.15, -0.1) is 11.3 Å². The minimum Gasteiger partial charge on any atom is -0.384 e. The van der Waals surface area contributed by atoms with Crippen molar-refractivity contribution in [1.29, 1.82) is 0 Å². The van der Waals surface area contributed by atoms with Gasteiger partial charge in [-0.25, -0.2) is 0 Å². The van der Waals surface area contributed by atoms with Crippen LogP contribution in [-0.2, 0) is 11.2 Å². The summed E-state index contributed by atoms with van der Waals surface area (Å²) in [5.74, 6) is 0.600. The molecule has 0 spiro atoms. The van der Waals surface area contributed by atoms with Crippen molar-refractivity contribution in [3.8, 4) is 0 Å². The predicted molar refractivity (Wildman–Crippen MR) is 61.9 cm³/mol. The first kappa shape index (κ1) is 11.7. The van der Waals surface area contributed by atoms with Crippen molar-refractivity contribution in [2.75, 3.05) is 26.8 Å². The summed E-state index contributed by atoms with van der Waals surface area (Å²) in [4.78, 5) is 1.46. The average molecular weight is 213 g/mol. The Morgan fingerprint density at radius 3 is 3.07 bits per heavy atom. The Balaban J connectivity index is 1.99. The summed E-state index contributed by atoms with van der Waals surface area (Å²) in [7, 11) is 1.75. The van der Waals surface area contributed by atoms with Crippen LogP contribution in [0.4, 0.5) is 0 Å². The van der Waals surface area contributed by atoms with Crippen molar-refractivity contribution < 1.29 is 4.74 Å². The van der Waals surface area contributed by atoms with Crippen LogP contribution in [-0.4, -0.2) is 26.8 Å². The number of ether oxygens (including phenoxy) is 1. The fourth-order valence-electron chi connectivity index (χ4n) is 1.36. The highest BCUT2D eigenvalue weighted by Gasteiger charge is 2.00. The molecule has 0 aliphatic heterocycles. The third-order valence-corrected chi connectivity index (χ3v) is 3.01. The molecule has 0 aromatic carbocycles. The maximum absolute atomic E-state index is 5.07. The number of hydrogen-bond acceptors (Lipinski definition) is 3. The molecular formula is C11H19NOS. The van der Waals surface area contributed by atoms with E-state index in [0.29, 0.717) is 5.92 Å². The van der Waals surface area contributed by atoms with Crippen molar-refractivity contribution in [2.45, 2.75) is 13.3 Å². The van der Waals surface area contributed by atoms with Gasteiger partial charge in [-0.1, -0.05) is 13.0 Å². The van der Waals surface area contributed by atoms with Gasteiger partial charge in [0.1, 0.15) is 0 Å². The molecule has 1 rings (SSSR count). The highest BCUT2D eigenvalue weighted by atomic mass is 32.1. The highest BCUT2D eigenvalue weighted by Crippen LogP contribution is 2.08. The molecule has 0 radical (unpaired) electrons. The third-order valence-electron chi connectivity index (χ3n) is 2.07. The molecule has 1 heterocycles. The van der Waals surface area contributed by atoms with Crippen LogP contribution in [0.25, 0.3) is 0 Å². The highest BCUT2D eigenvalue weighted by molar-refractivity contribution is 7.09. The molecule has 14 heavy (non-hydrogen) atoms. The van der Waals surface area contributed by atoms with E-state index in [9.17, 15) is 0 Å². The van der Waals surface area contributed by atoms with Crippen LogP contribution in [0.15, 0.2) is 17.5 Å². The second kappa shape index (κ2) is 6.98. The summed E-state index contributed by atoms with van der Waals surface area (Å²) < 4.78 is 5.07. The average Bonchev–Trinajstić information content (AvgIpc) is 2.65. The molecule has 0 aliphatic carbocycles. The van der Waals surface area contributed by atoms with Gasteiger partial charge < -0.3 is 10.1 Å². The van der Waals surface area contributed by atoms with Gasteiger partial charge in [0.25, 0.3) is 0 Å². The Hall–Kier alpha value is -0.380. The van der Waals surface area contributed by atoms with E-state index in [-0.39, 0.29) is 0 Å². The van der Waals surface area contributed by atoms with E-state index in [1.807, 2.05) is 11.3 Å². The first-order valence-corrected chi connectivity index (χ1v) is 5.93. The normalized spacial score (nSPS) is 13.0. The van der Waals surface area contributed by atoms with Crippen LogP contribution in [0.5, 0.6) is 0 Å². The van der Waals surface area contributed by atoms with Crippen LogP contribution < -0.4 is 5.32 Å². The van der Waals surface area contributed by atoms with Crippen molar-refractivity contribution in [2.24, 2.45) is 5.92 Å². The molecule has 1 N–H and O–H groups in total. The Kier molecular flexibility index (Phi) is 5.83. The summed E-state index contributed by atoms with van der Waals surface area (Å²) in [6.07, 6.45) is 1.14.